The second kappa shape index (κ2) is 5.79. The van der Waals surface area contributed by atoms with Crippen LogP contribution in [0.15, 0.2) is 24.4 Å². The summed E-state index contributed by atoms with van der Waals surface area (Å²) < 4.78 is 1.11. The Hall–Kier alpha value is -2.61. The number of aromatic amines is 1. The Morgan fingerprint density at radius 2 is 2.33 bits per heavy atom. The maximum Gasteiger partial charge on any atom is 0.322 e. The number of aromatic nitrogens is 3. The smallest absolute Gasteiger partial charge is 0.322 e. The van der Waals surface area contributed by atoms with Crippen molar-refractivity contribution in [2.24, 2.45) is 0 Å². The Morgan fingerprint density at radius 1 is 1.50 bits per heavy atom. The van der Waals surface area contributed by atoms with Gasteiger partial charge < -0.3 is 15.3 Å². The van der Waals surface area contributed by atoms with Crippen LogP contribution < -0.4 is 10.2 Å². The van der Waals surface area contributed by atoms with Gasteiger partial charge in [-0.2, -0.15) is 5.10 Å². The molecule has 1 aliphatic carbocycles. The number of anilines is 2. The Morgan fingerprint density at radius 3 is 3.00 bits per heavy atom. The summed E-state index contributed by atoms with van der Waals surface area (Å²) in [6.07, 6.45) is 4.11. The van der Waals surface area contributed by atoms with Gasteiger partial charge >= 0.3 is 5.97 Å². The van der Waals surface area contributed by atoms with E-state index < -0.39 is 5.97 Å². The molecule has 0 amide bonds. The molecule has 1 aliphatic rings. The molecule has 124 valence electrons. The van der Waals surface area contributed by atoms with Gasteiger partial charge in [-0.05, 0) is 25.0 Å². The molecular weight excluding hydrogens is 326 g/mol. The molecule has 1 saturated carbocycles. The molecule has 0 radical (unpaired) electrons. The van der Waals surface area contributed by atoms with E-state index >= 15 is 0 Å². The number of fused-ring (bicyclic) bond motifs is 1. The van der Waals surface area contributed by atoms with E-state index in [0.29, 0.717) is 11.9 Å². The number of nitrogens with one attached hydrogen (secondary N) is 2. The highest BCUT2D eigenvalue weighted by atomic mass is 32.1. The van der Waals surface area contributed by atoms with Gasteiger partial charge in [0, 0.05) is 25.4 Å². The van der Waals surface area contributed by atoms with Gasteiger partial charge in [0.15, 0.2) is 0 Å². The number of aliphatic carboxylic acids is 1. The van der Waals surface area contributed by atoms with E-state index in [0.717, 1.165) is 26.5 Å². The molecule has 0 bridgehead atoms. The van der Waals surface area contributed by atoms with E-state index in [1.165, 1.54) is 12.8 Å². The first-order chi connectivity index (χ1) is 11.6. The van der Waals surface area contributed by atoms with Crippen LogP contribution >= 0.6 is 11.3 Å². The number of pyridine rings is 1. The van der Waals surface area contributed by atoms with Crippen molar-refractivity contribution in [3.8, 4) is 10.6 Å². The maximum atomic E-state index is 10.8. The molecule has 24 heavy (non-hydrogen) atoms. The maximum absolute atomic E-state index is 10.8. The van der Waals surface area contributed by atoms with Crippen molar-refractivity contribution in [3.63, 3.8) is 0 Å². The van der Waals surface area contributed by atoms with Gasteiger partial charge in [-0.25, -0.2) is 4.98 Å². The summed E-state index contributed by atoms with van der Waals surface area (Å²) in [4.78, 5) is 18.7. The molecule has 0 unspecified atom stereocenters. The molecule has 3 N–H and O–H groups in total. The van der Waals surface area contributed by atoms with Crippen LogP contribution in [0.4, 0.5) is 11.5 Å². The average Bonchev–Trinajstić information content (AvgIpc) is 3.09. The zero-order chi connectivity index (χ0) is 16.7. The number of H-pyrrole nitrogens is 1. The lowest BCUT2D eigenvalue weighted by Crippen LogP contribution is -2.20. The van der Waals surface area contributed by atoms with E-state index in [9.17, 15) is 4.79 Å². The van der Waals surface area contributed by atoms with Crippen molar-refractivity contribution in [3.05, 3.63) is 24.4 Å². The normalized spacial score (nSPS) is 14.0. The zero-order valence-corrected chi connectivity index (χ0v) is 13.9. The van der Waals surface area contributed by atoms with Crippen molar-refractivity contribution < 1.29 is 9.90 Å². The topological polar surface area (TPSA) is 94.1 Å². The predicted molar refractivity (Wildman–Crippen MR) is 94.8 cm³/mol. The summed E-state index contributed by atoms with van der Waals surface area (Å²) in [6, 6.07) is 6.44. The third-order valence-corrected chi connectivity index (χ3v) is 5.30. The number of thiophene rings is 1. The first-order valence-electron chi connectivity index (χ1n) is 7.74. The molecule has 0 saturated heterocycles. The van der Waals surface area contributed by atoms with Crippen LogP contribution in [-0.2, 0) is 4.79 Å². The largest absolute Gasteiger partial charge is 0.480 e. The highest BCUT2D eigenvalue weighted by molar-refractivity contribution is 7.22. The first-order valence-corrected chi connectivity index (χ1v) is 8.56. The second-order valence-electron chi connectivity index (χ2n) is 5.91. The van der Waals surface area contributed by atoms with Gasteiger partial charge in [-0.15, -0.1) is 11.3 Å². The van der Waals surface area contributed by atoms with Gasteiger partial charge in [-0.1, -0.05) is 0 Å². The van der Waals surface area contributed by atoms with E-state index in [1.807, 2.05) is 18.2 Å². The SMILES string of the molecule is CN(c1cc(NCC(=O)O)nc2cc(-c3ccn[nH]3)sc12)C1CC1. The van der Waals surface area contributed by atoms with Crippen molar-refractivity contribution in [2.75, 3.05) is 23.8 Å². The minimum absolute atomic E-state index is 0.150. The van der Waals surface area contributed by atoms with Crippen LogP contribution in [0.1, 0.15) is 12.8 Å². The summed E-state index contributed by atoms with van der Waals surface area (Å²) in [6.45, 7) is -0.150. The fraction of sp³-hybridized carbons (Fsp3) is 0.312. The lowest BCUT2D eigenvalue weighted by Gasteiger charge is -2.20. The van der Waals surface area contributed by atoms with Crippen LogP contribution in [-0.4, -0.2) is 45.9 Å². The summed E-state index contributed by atoms with van der Waals surface area (Å²) in [5.74, 6) is -0.321. The van der Waals surface area contributed by atoms with Gasteiger partial charge in [0.2, 0.25) is 0 Å². The summed E-state index contributed by atoms with van der Waals surface area (Å²) in [5, 5.41) is 18.7. The Labute approximate surface area is 142 Å². The van der Waals surface area contributed by atoms with Gasteiger partial charge in [0.1, 0.15) is 12.4 Å². The number of carbonyl (C=O) groups is 1. The highest BCUT2D eigenvalue weighted by Crippen LogP contribution is 2.41. The van der Waals surface area contributed by atoms with Crippen LogP contribution in [0.25, 0.3) is 20.8 Å². The molecular formula is C16H17N5O2S. The van der Waals surface area contributed by atoms with E-state index in [4.69, 9.17) is 5.11 Å². The monoisotopic (exact) mass is 343 g/mol. The molecule has 0 spiro atoms. The molecule has 4 rings (SSSR count). The lowest BCUT2D eigenvalue weighted by molar-refractivity contribution is -0.134. The van der Waals surface area contributed by atoms with Crippen LogP contribution in [0, 0.1) is 0 Å². The summed E-state index contributed by atoms with van der Waals surface area (Å²) >= 11 is 1.67. The predicted octanol–water partition coefficient (Wildman–Crippen LogP) is 2.78. The third kappa shape index (κ3) is 2.80. The number of nitrogens with zero attached hydrogens (tertiary/aromatic N) is 3. The fourth-order valence-electron chi connectivity index (χ4n) is 2.71. The molecule has 0 aliphatic heterocycles. The second-order valence-corrected chi connectivity index (χ2v) is 6.96. The fourth-order valence-corrected chi connectivity index (χ4v) is 3.84. The van der Waals surface area contributed by atoms with E-state index in [-0.39, 0.29) is 6.54 Å². The molecule has 3 aromatic heterocycles. The quantitative estimate of drug-likeness (QED) is 0.637. The zero-order valence-electron chi connectivity index (χ0n) is 13.1. The van der Waals surface area contributed by atoms with Gasteiger partial charge in [0.25, 0.3) is 0 Å². The van der Waals surface area contributed by atoms with Gasteiger partial charge in [0.05, 0.1) is 26.5 Å². The molecule has 1 fully saturated rings. The van der Waals surface area contributed by atoms with Crippen LogP contribution in [0.2, 0.25) is 0 Å². The molecule has 0 aromatic carbocycles. The molecule has 0 atom stereocenters. The molecule has 7 nitrogen and oxygen atoms in total. The number of hydrogen-bond donors (Lipinski definition) is 3. The Bertz CT molecular complexity index is 885. The van der Waals surface area contributed by atoms with Gasteiger partial charge in [-0.3, -0.25) is 9.89 Å². The number of carboxylic acid groups (broad SMARTS) is 1. The van der Waals surface area contributed by atoms with Crippen molar-refractivity contribution in [1.29, 1.82) is 0 Å². The van der Waals surface area contributed by atoms with Crippen molar-refractivity contribution in [1.82, 2.24) is 15.2 Å². The number of rotatable bonds is 6. The molecule has 3 aromatic rings. The number of carboxylic acids is 1. The Kier molecular flexibility index (Phi) is 3.61. The minimum atomic E-state index is -0.905. The standard InChI is InChI=1S/C16H17N5O2S/c1-21(9-2-3-9)12-7-14(17-8-15(22)23)19-11-6-13(24-16(11)12)10-4-5-18-20-10/h4-7,9H,2-3,8H2,1H3,(H,17,19)(H,18,20)(H,22,23). The minimum Gasteiger partial charge on any atom is -0.480 e. The number of hydrogen-bond acceptors (Lipinski definition) is 6. The lowest BCUT2D eigenvalue weighted by atomic mass is 10.2. The Balaban J connectivity index is 1.80. The van der Waals surface area contributed by atoms with Crippen molar-refractivity contribution >= 4 is 39.0 Å². The average molecular weight is 343 g/mol. The highest BCUT2D eigenvalue weighted by Gasteiger charge is 2.28. The summed E-state index contributed by atoms with van der Waals surface area (Å²) in [5.41, 5.74) is 2.91. The first kappa shape index (κ1) is 14.9. The summed E-state index contributed by atoms with van der Waals surface area (Å²) in [7, 11) is 2.09. The van der Waals surface area contributed by atoms with Crippen molar-refractivity contribution in [2.45, 2.75) is 18.9 Å². The van der Waals surface area contributed by atoms with Crippen LogP contribution in [0.5, 0.6) is 0 Å². The van der Waals surface area contributed by atoms with Crippen LogP contribution in [0.3, 0.4) is 0 Å². The molecule has 8 heteroatoms. The van der Waals surface area contributed by atoms with E-state index in [2.05, 4.69) is 32.4 Å². The van der Waals surface area contributed by atoms with E-state index in [1.54, 1.807) is 17.5 Å². The third-order valence-electron chi connectivity index (χ3n) is 4.12. The molecule has 3 heterocycles.